The van der Waals surface area contributed by atoms with Gasteiger partial charge in [-0.1, -0.05) is 27.7 Å². The lowest BCUT2D eigenvalue weighted by Crippen LogP contribution is -2.48. The molecule has 0 saturated carbocycles. The molecule has 0 saturated heterocycles. The Hall–Kier alpha value is -0.810. The summed E-state index contributed by atoms with van der Waals surface area (Å²) in [5.74, 6) is 0.852. The van der Waals surface area contributed by atoms with Crippen LogP contribution in [0.1, 0.15) is 34.1 Å². The standard InChI is InChI=1S/C12H26N2O3/c1-8(2)5-10(14-12(16)17)11(15)7-13-6-9(3)4/h8-11,13-15H,5-7H2,1-4H3,(H,16,17)/t10-,11-/m0/s1. The summed E-state index contributed by atoms with van der Waals surface area (Å²) in [6, 6.07) is -0.410. The third kappa shape index (κ3) is 8.94. The normalized spacial score (nSPS) is 15.0. The molecule has 0 aromatic rings. The van der Waals surface area contributed by atoms with Crippen molar-refractivity contribution in [3.63, 3.8) is 0 Å². The van der Waals surface area contributed by atoms with Crippen molar-refractivity contribution < 1.29 is 15.0 Å². The van der Waals surface area contributed by atoms with Crippen LogP contribution in [0.4, 0.5) is 4.79 Å². The fourth-order valence-corrected chi connectivity index (χ4v) is 1.64. The lowest BCUT2D eigenvalue weighted by Gasteiger charge is -2.25. The molecule has 0 aliphatic rings. The van der Waals surface area contributed by atoms with Gasteiger partial charge in [-0.15, -0.1) is 0 Å². The summed E-state index contributed by atoms with van der Waals surface area (Å²) in [6.45, 7) is 9.41. The van der Waals surface area contributed by atoms with E-state index in [1.807, 2.05) is 13.8 Å². The van der Waals surface area contributed by atoms with E-state index in [0.29, 0.717) is 24.8 Å². The number of rotatable bonds is 8. The molecule has 0 aromatic heterocycles. The first-order chi connectivity index (χ1) is 7.82. The van der Waals surface area contributed by atoms with Crippen LogP contribution in [0.2, 0.25) is 0 Å². The Morgan fingerprint density at radius 3 is 2.12 bits per heavy atom. The Morgan fingerprint density at radius 2 is 1.71 bits per heavy atom. The molecule has 0 bridgehead atoms. The molecule has 0 aromatic carbocycles. The maximum Gasteiger partial charge on any atom is 0.404 e. The summed E-state index contributed by atoms with van der Waals surface area (Å²) >= 11 is 0. The molecule has 0 rings (SSSR count). The van der Waals surface area contributed by atoms with Crippen molar-refractivity contribution in [2.24, 2.45) is 11.8 Å². The zero-order valence-electron chi connectivity index (χ0n) is 11.2. The minimum absolute atomic E-state index is 0.339. The van der Waals surface area contributed by atoms with Gasteiger partial charge in [-0.3, -0.25) is 0 Å². The predicted octanol–water partition coefficient (Wildman–Crippen LogP) is 1.28. The minimum atomic E-state index is -1.08. The van der Waals surface area contributed by atoms with Gasteiger partial charge in [0.15, 0.2) is 0 Å². The molecule has 0 aliphatic carbocycles. The zero-order valence-corrected chi connectivity index (χ0v) is 11.2. The number of nitrogens with one attached hydrogen (secondary N) is 2. The number of amides is 1. The average molecular weight is 246 g/mol. The van der Waals surface area contributed by atoms with Crippen molar-refractivity contribution in [2.75, 3.05) is 13.1 Å². The Kier molecular flexibility index (Phi) is 7.91. The number of hydrogen-bond acceptors (Lipinski definition) is 3. The monoisotopic (exact) mass is 246 g/mol. The molecule has 0 spiro atoms. The van der Waals surface area contributed by atoms with Crippen LogP contribution in [-0.2, 0) is 0 Å². The van der Waals surface area contributed by atoms with Gasteiger partial charge in [0.25, 0.3) is 0 Å². The van der Waals surface area contributed by atoms with Crippen LogP contribution in [0.25, 0.3) is 0 Å². The zero-order chi connectivity index (χ0) is 13.4. The van der Waals surface area contributed by atoms with Crippen molar-refractivity contribution in [2.45, 2.75) is 46.3 Å². The van der Waals surface area contributed by atoms with Crippen LogP contribution in [0.15, 0.2) is 0 Å². The number of aliphatic hydroxyl groups is 1. The molecule has 102 valence electrons. The highest BCUT2D eigenvalue weighted by Crippen LogP contribution is 2.08. The van der Waals surface area contributed by atoms with Crippen molar-refractivity contribution >= 4 is 6.09 Å². The quantitative estimate of drug-likeness (QED) is 0.520. The van der Waals surface area contributed by atoms with E-state index in [9.17, 15) is 9.90 Å². The highest BCUT2D eigenvalue weighted by molar-refractivity contribution is 5.64. The van der Waals surface area contributed by atoms with E-state index in [1.54, 1.807) is 0 Å². The molecule has 2 atom stereocenters. The summed E-state index contributed by atoms with van der Waals surface area (Å²) in [5.41, 5.74) is 0. The second kappa shape index (κ2) is 8.31. The van der Waals surface area contributed by atoms with Gasteiger partial charge >= 0.3 is 6.09 Å². The summed E-state index contributed by atoms with van der Waals surface area (Å²) < 4.78 is 0. The van der Waals surface area contributed by atoms with Crippen LogP contribution in [-0.4, -0.2) is 41.5 Å². The SMILES string of the molecule is CC(C)CNC[C@H](O)[C@H](CC(C)C)NC(=O)O. The largest absolute Gasteiger partial charge is 0.465 e. The second-order valence-corrected chi connectivity index (χ2v) is 5.30. The lowest BCUT2D eigenvalue weighted by atomic mass is 9.99. The molecule has 0 aliphatic heterocycles. The van der Waals surface area contributed by atoms with Gasteiger partial charge in [-0.25, -0.2) is 4.79 Å². The molecule has 17 heavy (non-hydrogen) atoms. The van der Waals surface area contributed by atoms with E-state index in [1.165, 1.54) is 0 Å². The van der Waals surface area contributed by atoms with Crippen molar-refractivity contribution in [1.29, 1.82) is 0 Å². The molecule has 0 fully saturated rings. The fraction of sp³-hybridized carbons (Fsp3) is 0.917. The van der Waals surface area contributed by atoms with Gasteiger partial charge in [0, 0.05) is 6.54 Å². The summed E-state index contributed by atoms with van der Waals surface area (Å²) in [5, 5.41) is 24.2. The van der Waals surface area contributed by atoms with Crippen LogP contribution >= 0.6 is 0 Å². The number of aliphatic hydroxyl groups excluding tert-OH is 1. The van der Waals surface area contributed by atoms with Crippen LogP contribution < -0.4 is 10.6 Å². The summed E-state index contributed by atoms with van der Waals surface area (Å²) in [4.78, 5) is 10.6. The van der Waals surface area contributed by atoms with Gasteiger partial charge in [-0.2, -0.15) is 0 Å². The number of carboxylic acid groups (broad SMARTS) is 1. The third-order valence-corrected chi connectivity index (χ3v) is 2.40. The van der Waals surface area contributed by atoms with Gasteiger partial charge < -0.3 is 20.8 Å². The Bertz CT molecular complexity index is 220. The topological polar surface area (TPSA) is 81.6 Å². The Labute approximate surface area is 104 Å². The van der Waals surface area contributed by atoms with Gasteiger partial charge in [-0.05, 0) is 24.8 Å². The van der Waals surface area contributed by atoms with Gasteiger partial charge in [0.1, 0.15) is 0 Å². The smallest absolute Gasteiger partial charge is 0.404 e. The maximum absolute atomic E-state index is 10.6. The van der Waals surface area contributed by atoms with Gasteiger partial charge in [0.2, 0.25) is 0 Å². The fourth-order valence-electron chi connectivity index (χ4n) is 1.64. The van der Waals surface area contributed by atoms with E-state index >= 15 is 0 Å². The first kappa shape index (κ1) is 16.2. The highest BCUT2D eigenvalue weighted by Gasteiger charge is 2.21. The maximum atomic E-state index is 10.6. The Balaban J connectivity index is 4.11. The molecule has 5 nitrogen and oxygen atoms in total. The highest BCUT2D eigenvalue weighted by atomic mass is 16.4. The van der Waals surface area contributed by atoms with Gasteiger partial charge in [0.05, 0.1) is 12.1 Å². The predicted molar refractivity (Wildman–Crippen MR) is 68.1 cm³/mol. The Morgan fingerprint density at radius 1 is 1.12 bits per heavy atom. The molecular weight excluding hydrogens is 220 g/mol. The molecule has 1 amide bonds. The van der Waals surface area contributed by atoms with E-state index in [-0.39, 0.29) is 0 Å². The molecule has 4 N–H and O–H groups in total. The minimum Gasteiger partial charge on any atom is -0.465 e. The van der Waals surface area contributed by atoms with Crippen LogP contribution in [0.3, 0.4) is 0 Å². The number of hydrogen-bond donors (Lipinski definition) is 4. The first-order valence-electron chi connectivity index (χ1n) is 6.21. The molecule has 0 unspecified atom stereocenters. The third-order valence-electron chi connectivity index (χ3n) is 2.40. The van der Waals surface area contributed by atoms with E-state index in [2.05, 4.69) is 24.5 Å². The van der Waals surface area contributed by atoms with Crippen molar-refractivity contribution in [3.8, 4) is 0 Å². The van der Waals surface area contributed by atoms with Crippen molar-refractivity contribution in [1.82, 2.24) is 10.6 Å². The second-order valence-electron chi connectivity index (χ2n) is 5.30. The average Bonchev–Trinajstić information content (AvgIpc) is 2.14. The molecular formula is C12H26N2O3. The number of carbonyl (C=O) groups is 1. The molecule has 5 heteroatoms. The van der Waals surface area contributed by atoms with E-state index in [4.69, 9.17) is 5.11 Å². The van der Waals surface area contributed by atoms with Crippen molar-refractivity contribution in [3.05, 3.63) is 0 Å². The van der Waals surface area contributed by atoms with E-state index < -0.39 is 18.2 Å². The van der Waals surface area contributed by atoms with Crippen LogP contribution in [0, 0.1) is 11.8 Å². The lowest BCUT2D eigenvalue weighted by molar-refractivity contribution is 0.108. The van der Waals surface area contributed by atoms with E-state index in [0.717, 1.165) is 6.54 Å². The summed E-state index contributed by atoms with van der Waals surface area (Å²) in [6.07, 6.45) is -1.14. The first-order valence-corrected chi connectivity index (χ1v) is 6.21. The summed E-state index contributed by atoms with van der Waals surface area (Å²) in [7, 11) is 0. The molecule has 0 radical (unpaired) electrons. The molecule has 0 heterocycles. The van der Waals surface area contributed by atoms with Crippen LogP contribution in [0.5, 0.6) is 0 Å².